The average molecular weight is 300 g/mol. The lowest BCUT2D eigenvalue weighted by Crippen LogP contribution is -2.40. The number of esters is 2. The van der Waals surface area contributed by atoms with Gasteiger partial charge in [0.2, 0.25) is 0 Å². The third-order valence-corrected chi connectivity index (χ3v) is 2.74. The first kappa shape index (κ1) is 18.7. The van der Waals surface area contributed by atoms with Crippen LogP contribution in [0.5, 0.6) is 0 Å². The molecule has 0 atom stereocenters. The normalized spacial score (nSPS) is 10.8. The van der Waals surface area contributed by atoms with E-state index in [4.69, 9.17) is 0 Å². The van der Waals surface area contributed by atoms with Crippen LogP contribution in [0.15, 0.2) is 24.8 Å². The summed E-state index contributed by atoms with van der Waals surface area (Å²) in [5, 5.41) is 0. The fourth-order valence-corrected chi connectivity index (χ4v) is 1.66. The van der Waals surface area contributed by atoms with Crippen molar-refractivity contribution in [2.45, 2.75) is 12.8 Å². The van der Waals surface area contributed by atoms with Gasteiger partial charge in [0.25, 0.3) is 0 Å². The molecule has 0 N–H and O–H groups in total. The molecule has 0 fully saturated rings. The Morgan fingerprint density at radius 1 is 0.952 bits per heavy atom. The second kappa shape index (κ2) is 9.57. The SMILES string of the molecule is C=CCC(C/C=C\COC(=O)OC)(C(=O)OC)C(=O)OC. The molecular weight excluding hydrogens is 280 g/mol. The van der Waals surface area contributed by atoms with Gasteiger partial charge in [0.15, 0.2) is 5.41 Å². The summed E-state index contributed by atoms with van der Waals surface area (Å²) >= 11 is 0. The molecule has 7 heteroatoms. The van der Waals surface area contributed by atoms with Crippen molar-refractivity contribution < 1.29 is 33.3 Å². The van der Waals surface area contributed by atoms with Crippen molar-refractivity contribution in [3.05, 3.63) is 24.8 Å². The van der Waals surface area contributed by atoms with Crippen molar-refractivity contribution in [1.82, 2.24) is 0 Å². The maximum atomic E-state index is 11.9. The zero-order valence-electron chi connectivity index (χ0n) is 12.4. The van der Waals surface area contributed by atoms with Crippen LogP contribution in [0.3, 0.4) is 0 Å². The Balaban J connectivity index is 4.93. The molecule has 0 radical (unpaired) electrons. The van der Waals surface area contributed by atoms with Gasteiger partial charge in [0.1, 0.15) is 6.61 Å². The van der Waals surface area contributed by atoms with E-state index >= 15 is 0 Å². The number of allylic oxidation sites excluding steroid dienone is 2. The minimum absolute atomic E-state index is 0.0307. The number of hydrogen-bond donors (Lipinski definition) is 0. The molecule has 0 aromatic carbocycles. The molecule has 0 rings (SSSR count). The van der Waals surface area contributed by atoms with Crippen molar-refractivity contribution in [2.75, 3.05) is 27.9 Å². The largest absolute Gasteiger partial charge is 0.508 e. The third kappa shape index (κ3) is 5.29. The Hall–Kier alpha value is -2.31. The topological polar surface area (TPSA) is 88.1 Å². The van der Waals surface area contributed by atoms with Gasteiger partial charge in [0.05, 0.1) is 21.3 Å². The molecule has 0 unspecified atom stereocenters. The molecule has 0 heterocycles. The Kier molecular flexibility index (Phi) is 8.52. The summed E-state index contributed by atoms with van der Waals surface area (Å²) in [6, 6.07) is 0. The summed E-state index contributed by atoms with van der Waals surface area (Å²) in [4.78, 5) is 34.6. The highest BCUT2D eigenvalue weighted by Crippen LogP contribution is 2.31. The molecule has 0 aliphatic heterocycles. The second-order valence-corrected chi connectivity index (χ2v) is 4.00. The number of rotatable bonds is 8. The van der Waals surface area contributed by atoms with Gasteiger partial charge in [-0.1, -0.05) is 18.2 Å². The zero-order valence-corrected chi connectivity index (χ0v) is 12.4. The van der Waals surface area contributed by atoms with E-state index in [9.17, 15) is 14.4 Å². The first-order valence-electron chi connectivity index (χ1n) is 6.12. The molecule has 7 nitrogen and oxygen atoms in total. The fourth-order valence-electron chi connectivity index (χ4n) is 1.66. The second-order valence-electron chi connectivity index (χ2n) is 4.00. The van der Waals surface area contributed by atoms with E-state index < -0.39 is 23.5 Å². The lowest BCUT2D eigenvalue weighted by Gasteiger charge is -2.25. The highest BCUT2D eigenvalue weighted by molar-refractivity contribution is 6.00. The monoisotopic (exact) mass is 300 g/mol. The van der Waals surface area contributed by atoms with Crippen LogP contribution in [0.4, 0.5) is 4.79 Å². The maximum absolute atomic E-state index is 11.9. The van der Waals surface area contributed by atoms with Crippen LogP contribution in [0.1, 0.15) is 12.8 Å². The highest BCUT2D eigenvalue weighted by atomic mass is 16.7. The minimum Gasteiger partial charge on any atom is -0.468 e. The Bertz CT molecular complexity index is 396. The summed E-state index contributed by atoms with van der Waals surface area (Å²) < 4.78 is 18.3. The van der Waals surface area contributed by atoms with Crippen LogP contribution in [-0.4, -0.2) is 46.0 Å². The van der Waals surface area contributed by atoms with Crippen molar-refractivity contribution in [1.29, 1.82) is 0 Å². The summed E-state index contributed by atoms with van der Waals surface area (Å²) in [5.74, 6) is -1.43. The van der Waals surface area contributed by atoms with Gasteiger partial charge in [-0.3, -0.25) is 9.59 Å². The number of methoxy groups -OCH3 is 3. The third-order valence-electron chi connectivity index (χ3n) is 2.74. The van der Waals surface area contributed by atoms with Gasteiger partial charge in [0, 0.05) is 0 Å². The van der Waals surface area contributed by atoms with E-state index in [0.717, 1.165) is 0 Å². The Morgan fingerprint density at radius 3 is 1.95 bits per heavy atom. The molecule has 0 bridgehead atoms. The molecule has 0 aromatic rings. The molecule has 0 saturated heterocycles. The zero-order chi connectivity index (χ0) is 16.3. The van der Waals surface area contributed by atoms with E-state index in [1.165, 1.54) is 39.6 Å². The molecule has 118 valence electrons. The number of carbonyl (C=O) groups is 3. The minimum atomic E-state index is -1.49. The van der Waals surface area contributed by atoms with Gasteiger partial charge in [-0.15, -0.1) is 6.58 Å². The van der Waals surface area contributed by atoms with Crippen molar-refractivity contribution in [3.8, 4) is 0 Å². The van der Waals surface area contributed by atoms with Crippen molar-refractivity contribution in [3.63, 3.8) is 0 Å². The summed E-state index contributed by atoms with van der Waals surface area (Å²) in [6.07, 6.45) is 3.73. The van der Waals surface area contributed by atoms with Crippen LogP contribution in [0, 0.1) is 5.41 Å². The lowest BCUT2D eigenvalue weighted by atomic mass is 9.81. The first-order valence-corrected chi connectivity index (χ1v) is 6.12. The quantitative estimate of drug-likeness (QED) is 0.291. The van der Waals surface area contributed by atoms with E-state index in [0.29, 0.717) is 0 Å². The van der Waals surface area contributed by atoms with Crippen LogP contribution >= 0.6 is 0 Å². The summed E-state index contributed by atoms with van der Waals surface area (Å²) in [7, 11) is 3.57. The van der Waals surface area contributed by atoms with Gasteiger partial charge >= 0.3 is 18.1 Å². The van der Waals surface area contributed by atoms with Crippen LogP contribution in [-0.2, 0) is 28.5 Å². The molecule has 0 aromatic heterocycles. The number of carbonyl (C=O) groups excluding carboxylic acids is 3. The standard InChI is InChI=1S/C14H20O7/c1-5-8-14(11(15)18-2,12(16)19-3)9-6-7-10-21-13(17)20-4/h5-7H,1,8-10H2,2-4H3/b7-6-. The molecular formula is C14H20O7. The summed E-state index contributed by atoms with van der Waals surface area (Å²) in [5.41, 5.74) is -1.49. The van der Waals surface area contributed by atoms with Gasteiger partial charge in [-0.25, -0.2) is 4.79 Å². The Labute approximate surface area is 123 Å². The van der Waals surface area contributed by atoms with Crippen LogP contribution in [0.25, 0.3) is 0 Å². The van der Waals surface area contributed by atoms with Crippen LogP contribution < -0.4 is 0 Å². The highest BCUT2D eigenvalue weighted by Gasteiger charge is 2.46. The number of ether oxygens (including phenoxy) is 4. The van der Waals surface area contributed by atoms with Gasteiger partial charge < -0.3 is 18.9 Å². The maximum Gasteiger partial charge on any atom is 0.508 e. The average Bonchev–Trinajstić information content (AvgIpc) is 2.51. The van der Waals surface area contributed by atoms with Crippen LogP contribution in [0.2, 0.25) is 0 Å². The van der Waals surface area contributed by atoms with E-state index in [-0.39, 0.29) is 19.4 Å². The number of hydrogen-bond acceptors (Lipinski definition) is 7. The molecule has 21 heavy (non-hydrogen) atoms. The smallest absolute Gasteiger partial charge is 0.468 e. The van der Waals surface area contributed by atoms with E-state index in [1.807, 2.05) is 0 Å². The van der Waals surface area contributed by atoms with Crippen molar-refractivity contribution in [2.24, 2.45) is 5.41 Å². The van der Waals surface area contributed by atoms with Crippen molar-refractivity contribution >= 4 is 18.1 Å². The molecule has 0 spiro atoms. The first-order chi connectivity index (χ1) is 9.98. The predicted octanol–water partition coefficient (Wildman–Crippen LogP) is 1.62. The molecule has 0 aliphatic carbocycles. The fraction of sp³-hybridized carbons (Fsp3) is 0.500. The molecule has 0 amide bonds. The summed E-state index contributed by atoms with van der Waals surface area (Å²) in [6.45, 7) is 3.49. The van der Waals surface area contributed by atoms with E-state index in [1.54, 1.807) is 0 Å². The Morgan fingerprint density at radius 2 is 1.52 bits per heavy atom. The lowest BCUT2D eigenvalue weighted by molar-refractivity contribution is -0.168. The van der Waals surface area contributed by atoms with E-state index in [2.05, 4.69) is 25.5 Å². The van der Waals surface area contributed by atoms with Gasteiger partial charge in [-0.05, 0) is 12.8 Å². The predicted molar refractivity (Wildman–Crippen MR) is 73.4 cm³/mol. The molecule has 0 saturated carbocycles. The van der Waals surface area contributed by atoms with Gasteiger partial charge in [-0.2, -0.15) is 0 Å². The molecule has 0 aliphatic rings.